The average molecular weight is 312 g/mol. The maximum absolute atomic E-state index is 5.77. The Morgan fingerprint density at radius 1 is 1.35 bits per heavy atom. The number of hydrogen-bond donors (Lipinski definition) is 0. The molecule has 0 saturated heterocycles. The molecule has 0 amide bonds. The van der Waals surface area contributed by atoms with E-state index < -0.39 is 0 Å². The van der Waals surface area contributed by atoms with Crippen LogP contribution in [-0.4, -0.2) is 11.6 Å². The van der Waals surface area contributed by atoms with Gasteiger partial charge in [0.15, 0.2) is 0 Å². The Morgan fingerprint density at radius 3 is 2.94 bits per heavy atom. The lowest BCUT2D eigenvalue weighted by Gasteiger charge is -2.09. The minimum atomic E-state index is 0.700. The van der Waals surface area contributed by atoms with E-state index in [9.17, 15) is 0 Å². The standard InChI is InChI=1S/C13H14BrNOS/c1-10-4-5-13(12(9-14)15-10)16-7-6-11-3-2-8-17-11/h2-5,8H,6-7,9H2,1H3. The fraction of sp³-hybridized carbons (Fsp3) is 0.308. The second-order valence-electron chi connectivity index (χ2n) is 3.71. The number of ether oxygens (including phenoxy) is 1. The first kappa shape index (κ1) is 12.6. The molecule has 0 aliphatic rings. The minimum absolute atomic E-state index is 0.700. The van der Waals surface area contributed by atoms with Crippen molar-refractivity contribution in [1.82, 2.24) is 4.98 Å². The van der Waals surface area contributed by atoms with Crippen LogP contribution >= 0.6 is 27.3 Å². The van der Waals surface area contributed by atoms with Gasteiger partial charge in [0.25, 0.3) is 0 Å². The van der Waals surface area contributed by atoms with Crippen molar-refractivity contribution < 1.29 is 4.74 Å². The molecule has 0 aliphatic heterocycles. The van der Waals surface area contributed by atoms with Crippen molar-refractivity contribution >= 4 is 27.3 Å². The van der Waals surface area contributed by atoms with Crippen LogP contribution in [0, 0.1) is 6.92 Å². The molecule has 0 unspecified atom stereocenters. The monoisotopic (exact) mass is 311 g/mol. The Hall–Kier alpha value is -0.870. The number of hydrogen-bond acceptors (Lipinski definition) is 3. The predicted molar refractivity (Wildman–Crippen MR) is 75.1 cm³/mol. The normalized spacial score (nSPS) is 10.5. The largest absolute Gasteiger partial charge is 0.491 e. The fourth-order valence-electron chi connectivity index (χ4n) is 1.54. The van der Waals surface area contributed by atoms with Crippen LogP contribution in [0.5, 0.6) is 5.75 Å². The molecular weight excluding hydrogens is 298 g/mol. The van der Waals surface area contributed by atoms with Crippen LogP contribution in [0.15, 0.2) is 29.6 Å². The van der Waals surface area contributed by atoms with Crippen molar-refractivity contribution in [3.8, 4) is 5.75 Å². The SMILES string of the molecule is Cc1ccc(OCCc2cccs2)c(CBr)n1. The van der Waals surface area contributed by atoms with Gasteiger partial charge in [-0.15, -0.1) is 11.3 Å². The van der Waals surface area contributed by atoms with Gasteiger partial charge in [-0.25, -0.2) is 0 Å². The van der Waals surface area contributed by atoms with Gasteiger partial charge < -0.3 is 4.74 Å². The number of aryl methyl sites for hydroxylation is 1. The van der Waals surface area contributed by atoms with E-state index in [0.717, 1.165) is 28.9 Å². The Bertz CT molecular complexity index is 470. The van der Waals surface area contributed by atoms with E-state index in [4.69, 9.17) is 4.74 Å². The summed E-state index contributed by atoms with van der Waals surface area (Å²) in [5.74, 6) is 0.879. The van der Waals surface area contributed by atoms with Gasteiger partial charge in [0, 0.05) is 22.3 Å². The Morgan fingerprint density at radius 2 is 2.24 bits per heavy atom. The highest BCUT2D eigenvalue weighted by Gasteiger charge is 2.04. The van der Waals surface area contributed by atoms with E-state index >= 15 is 0 Å². The number of thiophene rings is 1. The molecule has 0 saturated carbocycles. The maximum atomic E-state index is 5.77. The highest BCUT2D eigenvalue weighted by Crippen LogP contribution is 2.20. The summed E-state index contributed by atoms with van der Waals surface area (Å²) < 4.78 is 5.77. The fourth-order valence-corrected chi connectivity index (χ4v) is 2.63. The molecule has 4 heteroatoms. The number of nitrogens with zero attached hydrogens (tertiary/aromatic N) is 1. The number of pyridine rings is 1. The van der Waals surface area contributed by atoms with Crippen LogP contribution in [0.2, 0.25) is 0 Å². The summed E-state index contributed by atoms with van der Waals surface area (Å²) in [6.07, 6.45) is 0.952. The highest BCUT2D eigenvalue weighted by atomic mass is 79.9. The van der Waals surface area contributed by atoms with E-state index in [0.29, 0.717) is 6.61 Å². The summed E-state index contributed by atoms with van der Waals surface area (Å²) in [6, 6.07) is 8.17. The third-order valence-electron chi connectivity index (χ3n) is 2.38. The second kappa shape index (κ2) is 6.17. The van der Waals surface area contributed by atoms with Crippen molar-refractivity contribution in [3.05, 3.63) is 45.9 Å². The lowest BCUT2D eigenvalue weighted by atomic mass is 10.3. The molecule has 0 atom stereocenters. The third-order valence-corrected chi connectivity index (χ3v) is 3.85. The first-order valence-corrected chi connectivity index (χ1v) is 7.47. The van der Waals surface area contributed by atoms with Crippen LogP contribution in [0.4, 0.5) is 0 Å². The van der Waals surface area contributed by atoms with E-state index in [1.165, 1.54) is 4.88 Å². The smallest absolute Gasteiger partial charge is 0.141 e. The lowest BCUT2D eigenvalue weighted by molar-refractivity contribution is 0.319. The summed E-state index contributed by atoms with van der Waals surface area (Å²) in [4.78, 5) is 5.79. The maximum Gasteiger partial charge on any atom is 0.141 e. The van der Waals surface area contributed by atoms with Crippen molar-refractivity contribution in [2.75, 3.05) is 6.61 Å². The van der Waals surface area contributed by atoms with Crippen LogP contribution in [0.25, 0.3) is 0 Å². The molecule has 0 N–H and O–H groups in total. The molecular formula is C13H14BrNOS. The second-order valence-corrected chi connectivity index (χ2v) is 5.30. The van der Waals surface area contributed by atoms with Crippen LogP contribution < -0.4 is 4.74 Å². The highest BCUT2D eigenvalue weighted by molar-refractivity contribution is 9.08. The van der Waals surface area contributed by atoms with Gasteiger partial charge in [-0.2, -0.15) is 0 Å². The van der Waals surface area contributed by atoms with Gasteiger partial charge in [0.1, 0.15) is 5.75 Å². The zero-order valence-electron chi connectivity index (χ0n) is 9.65. The molecule has 2 aromatic rings. The molecule has 90 valence electrons. The third kappa shape index (κ3) is 3.54. The van der Waals surface area contributed by atoms with E-state index in [1.54, 1.807) is 11.3 Å². The Kier molecular flexibility index (Phi) is 4.57. The van der Waals surface area contributed by atoms with E-state index in [-0.39, 0.29) is 0 Å². The molecule has 0 spiro atoms. The Labute approximate surface area is 114 Å². The van der Waals surface area contributed by atoms with Crippen molar-refractivity contribution in [1.29, 1.82) is 0 Å². The van der Waals surface area contributed by atoms with Crippen molar-refractivity contribution in [2.45, 2.75) is 18.7 Å². The van der Waals surface area contributed by atoms with E-state index in [1.807, 2.05) is 19.1 Å². The lowest BCUT2D eigenvalue weighted by Crippen LogP contribution is -2.03. The van der Waals surface area contributed by atoms with Gasteiger partial charge in [-0.1, -0.05) is 22.0 Å². The summed E-state index contributed by atoms with van der Waals surface area (Å²) in [6.45, 7) is 2.69. The van der Waals surface area contributed by atoms with E-state index in [2.05, 4.69) is 38.4 Å². The number of rotatable bonds is 5. The summed E-state index contributed by atoms with van der Waals surface area (Å²) in [5, 5.41) is 2.82. The minimum Gasteiger partial charge on any atom is -0.491 e. The number of alkyl halides is 1. The summed E-state index contributed by atoms with van der Waals surface area (Å²) >= 11 is 5.20. The first-order chi connectivity index (χ1) is 8.29. The molecule has 0 aromatic carbocycles. The number of halogens is 1. The number of aromatic nitrogens is 1. The van der Waals surface area contributed by atoms with Crippen LogP contribution in [-0.2, 0) is 11.8 Å². The molecule has 2 rings (SSSR count). The summed E-state index contributed by atoms with van der Waals surface area (Å²) in [5.41, 5.74) is 1.99. The summed E-state index contributed by atoms with van der Waals surface area (Å²) in [7, 11) is 0. The van der Waals surface area contributed by atoms with Gasteiger partial charge in [-0.3, -0.25) is 4.98 Å². The quantitative estimate of drug-likeness (QED) is 0.780. The van der Waals surface area contributed by atoms with Gasteiger partial charge >= 0.3 is 0 Å². The molecule has 0 radical (unpaired) electrons. The molecule has 0 bridgehead atoms. The van der Waals surface area contributed by atoms with Crippen molar-refractivity contribution in [3.63, 3.8) is 0 Å². The van der Waals surface area contributed by atoms with Gasteiger partial charge in [0.05, 0.1) is 12.3 Å². The predicted octanol–water partition coefficient (Wildman–Crippen LogP) is 3.97. The topological polar surface area (TPSA) is 22.1 Å². The van der Waals surface area contributed by atoms with Gasteiger partial charge in [-0.05, 0) is 30.5 Å². The molecule has 2 aromatic heterocycles. The van der Waals surface area contributed by atoms with Crippen molar-refractivity contribution in [2.24, 2.45) is 0 Å². The van der Waals surface area contributed by atoms with Crippen LogP contribution in [0.1, 0.15) is 16.3 Å². The zero-order chi connectivity index (χ0) is 12.1. The average Bonchev–Trinajstić information content (AvgIpc) is 2.84. The molecule has 2 heterocycles. The Balaban J connectivity index is 1.94. The first-order valence-electron chi connectivity index (χ1n) is 5.47. The molecule has 2 nitrogen and oxygen atoms in total. The molecule has 17 heavy (non-hydrogen) atoms. The molecule has 0 aliphatic carbocycles. The van der Waals surface area contributed by atoms with Crippen LogP contribution in [0.3, 0.4) is 0 Å². The molecule has 0 fully saturated rings. The zero-order valence-corrected chi connectivity index (χ0v) is 12.1. The van der Waals surface area contributed by atoms with Gasteiger partial charge in [0.2, 0.25) is 0 Å².